The molecule has 2 aromatic carbocycles. The molecule has 0 spiro atoms. The zero-order chi connectivity index (χ0) is 22.3. The zero-order valence-corrected chi connectivity index (χ0v) is 18.4. The quantitative estimate of drug-likeness (QED) is 0.410. The van der Waals surface area contributed by atoms with Gasteiger partial charge in [0.2, 0.25) is 11.1 Å². The molecule has 0 atom stereocenters. The summed E-state index contributed by atoms with van der Waals surface area (Å²) in [6.07, 6.45) is 0. The Hall–Kier alpha value is -3.11. The van der Waals surface area contributed by atoms with Crippen LogP contribution in [0.3, 0.4) is 0 Å². The third-order valence-electron chi connectivity index (χ3n) is 5.24. The smallest absolute Gasteiger partial charge is 0.233 e. The van der Waals surface area contributed by atoms with Gasteiger partial charge >= 0.3 is 0 Å². The maximum Gasteiger partial charge on any atom is 0.233 e. The predicted molar refractivity (Wildman–Crippen MR) is 121 cm³/mol. The summed E-state index contributed by atoms with van der Waals surface area (Å²) < 4.78 is 20.2. The number of ether oxygens (including phenoxy) is 1. The second-order valence-electron chi connectivity index (χ2n) is 7.36. The number of carbonyl (C=O) groups is 1. The van der Waals surface area contributed by atoms with Gasteiger partial charge in [0.1, 0.15) is 18.2 Å². The maximum atomic E-state index is 13.1. The molecule has 1 amide bonds. The number of halogens is 1. The first-order valence-corrected chi connectivity index (χ1v) is 11.4. The number of nitrogen functional groups attached to an aromatic ring is 1. The molecule has 2 N–H and O–H groups in total. The van der Waals surface area contributed by atoms with Gasteiger partial charge in [0.05, 0.1) is 5.75 Å². The van der Waals surface area contributed by atoms with Crippen molar-refractivity contribution in [3.63, 3.8) is 0 Å². The molecule has 0 bridgehead atoms. The van der Waals surface area contributed by atoms with Crippen molar-refractivity contribution < 1.29 is 13.9 Å². The normalized spacial score (nSPS) is 14.5. The molecule has 168 valence electrons. The zero-order valence-electron chi connectivity index (χ0n) is 17.6. The number of amides is 1. The van der Waals surface area contributed by atoms with Crippen LogP contribution in [0.1, 0.15) is 0 Å². The second kappa shape index (κ2) is 10.5. The number of piperazine rings is 1. The van der Waals surface area contributed by atoms with Crippen LogP contribution >= 0.6 is 11.8 Å². The molecular weight excluding hydrogens is 431 g/mol. The number of hydrogen-bond donors (Lipinski definition) is 1. The lowest BCUT2D eigenvalue weighted by molar-refractivity contribution is -0.130. The lowest BCUT2D eigenvalue weighted by Gasteiger charge is -2.34. The first-order valence-electron chi connectivity index (χ1n) is 10.4. The predicted octanol–water partition coefficient (Wildman–Crippen LogP) is 2.11. The monoisotopic (exact) mass is 456 g/mol. The average Bonchev–Trinajstić information content (AvgIpc) is 3.19. The van der Waals surface area contributed by atoms with Crippen molar-refractivity contribution >= 4 is 17.7 Å². The van der Waals surface area contributed by atoms with Crippen molar-refractivity contribution in [2.24, 2.45) is 0 Å². The van der Waals surface area contributed by atoms with Gasteiger partial charge < -0.3 is 15.5 Å². The van der Waals surface area contributed by atoms with Crippen LogP contribution in [0.4, 0.5) is 4.39 Å². The molecule has 0 unspecified atom stereocenters. The summed E-state index contributed by atoms with van der Waals surface area (Å²) in [5, 5.41) is 8.57. The van der Waals surface area contributed by atoms with E-state index in [0.717, 1.165) is 25.4 Å². The van der Waals surface area contributed by atoms with Gasteiger partial charge in [-0.1, -0.05) is 30.0 Å². The number of para-hydroxylation sites is 1. The van der Waals surface area contributed by atoms with Gasteiger partial charge in [0.25, 0.3) is 0 Å². The Labute approximate surface area is 190 Å². The lowest BCUT2D eigenvalue weighted by atomic mass is 10.2. The molecule has 1 aliphatic rings. The number of benzene rings is 2. The minimum absolute atomic E-state index is 0.0431. The molecule has 1 aliphatic heterocycles. The average molecular weight is 457 g/mol. The van der Waals surface area contributed by atoms with Crippen LogP contribution in [0.5, 0.6) is 5.75 Å². The first-order chi connectivity index (χ1) is 15.6. The highest BCUT2D eigenvalue weighted by molar-refractivity contribution is 7.99. The van der Waals surface area contributed by atoms with E-state index in [2.05, 4.69) is 15.1 Å². The Morgan fingerprint density at radius 1 is 1.03 bits per heavy atom. The van der Waals surface area contributed by atoms with Gasteiger partial charge in [-0.05, 0) is 36.4 Å². The Morgan fingerprint density at radius 2 is 1.75 bits per heavy atom. The molecule has 1 aromatic heterocycles. The van der Waals surface area contributed by atoms with E-state index in [9.17, 15) is 9.18 Å². The van der Waals surface area contributed by atoms with E-state index in [0.29, 0.717) is 36.2 Å². The van der Waals surface area contributed by atoms with E-state index in [-0.39, 0.29) is 17.5 Å². The lowest BCUT2D eigenvalue weighted by Crippen LogP contribution is -2.50. The summed E-state index contributed by atoms with van der Waals surface area (Å²) in [5.74, 6) is 7.31. The highest BCUT2D eigenvalue weighted by Crippen LogP contribution is 2.22. The SMILES string of the molecule is Nn1c(SCC(=O)N2CCN(CCOc3ccccc3)CC2)nnc1-c1ccc(F)cc1. The van der Waals surface area contributed by atoms with E-state index in [1.54, 1.807) is 12.1 Å². The number of rotatable bonds is 8. The minimum atomic E-state index is -0.333. The topological polar surface area (TPSA) is 89.5 Å². The van der Waals surface area contributed by atoms with Gasteiger partial charge in [-0.15, -0.1) is 10.2 Å². The van der Waals surface area contributed by atoms with Crippen LogP contribution in [0, 0.1) is 5.82 Å². The molecule has 4 rings (SSSR count). The summed E-state index contributed by atoms with van der Waals surface area (Å²) in [4.78, 5) is 16.8. The van der Waals surface area contributed by atoms with Gasteiger partial charge in [0, 0.05) is 38.3 Å². The fraction of sp³-hybridized carbons (Fsp3) is 0.318. The summed E-state index contributed by atoms with van der Waals surface area (Å²) in [5.41, 5.74) is 0.659. The third-order valence-corrected chi connectivity index (χ3v) is 6.16. The molecule has 10 heteroatoms. The molecule has 0 radical (unpaired) electrons. The second-order valence-corrected chi connectivity index (χ2v) is 8.30. The number of carbonyl (C=O) groups excluding carboxylic acids is 1. The molecule has 32 heavy (non-hydrogen) atoms. The molecule has 0 saturated carbocycles. The molecule has 2 heterocycles. The highest BCUT2D eigenvalue weighted by atomic mass is 32.2. The van der Waals surface area contributed by atoms with Gasteiger partial charge in [-0.3, -0.25) is 9.69 Å². The molecule has 0 aliphatic carbocycles. The van der Waals surface area contributed by atoms with Gasteiger partial charge in [-0.2, -0.15) is 0 Å². The number of nitrogens with two attached hydrogens (primary N) is 1. The van der Waals surface area contributed by atoms with E-state index in [1.807, 2.05) is 35.2 Å². The van der Waals surface area contributed by atoms with Crippen molar-refractivity contribution in [1.82, 2.24) is 24.7 Å². The van der Waals surface area contributed by atoms with Gasteiger partial charge in [0.15, 0.2) is 5.82 Å². The molecule has 1 saturated heterocycles. The van der Waals surface area contributed by atoms with Crippen molar-refractivity contribution in [3.05, 3.63) is 60.4 Å². The molecule has 1 fully saturated rings. The van der Waals surface area contributed by atoms with E-state index >= 15 is 0 Å². The van der Waals surface area contributed by atoms with Crippen LogP contribution in [-0.2, 0) is 4.79 Å². The summed E-state index contributed by atoms with van der Waals surface area (Å²) in [7, 11) is 0. The maximum absolute atomic E-state index is 13.1. The van der Waals surface area contributed by atoms with E-state index in [4.69, 9.17) is 10.6 Å². The van der Waals surface area contributed by atoms with Crippen molar-refractivity contribution in [1.29, 1.82) is 0 Å². The highest BCUT2D eigenvalue weighted by Gasteiger charge is 2.22. The number of thioether (sulfide) groups is 1. The van der Waals surface area contributed by atoms with Crippen LogP contribution in [0.15, 0.2) is 59.8 Å². The third kappa shape index (κ3) is 5.57. The largest absolute Gasteiger partial charge is 0.492 e. The standard InChI is InChI=1S/C22H25FN6O2S/c23-18-8-6-17(7-9-18)21-25-26-22(29(21)24)32-16-20(30)28-12-10-27(11-13-28)14-15-31-19-4-2-1-3-5-19/h1-9H,10-16,24H2. The van der Waals surface area contributed by atoms with Crippen LogP contribution in [-0.4, -0.2) is 75.7 Å². The number of nitrogens with zero attached hydrogens (tertiary/aromatic N) is 5. The van der Waals surface area contributed by atoms with E-state index < -0.39 is 0 Å². The number of hydrogen-bond acceptors (Lipinski definition) is 7. The van der Waals surface area contributed by atoms with Crippen molar-refractivity contribution in [2.75, 3.05) is 50.9 Å². The molecule has 8 nitrogen and oxygen atoms in total. The van der Waals surface area contributed by atoms with Crippen LogP contribution < -0.4 is 10.6 Å². The fourth-order valence-corrected chi connectivity index (χ4v) is 4.18. The molecule has 3 aromatic rings. The Bertz CT molecular complexity index is 1020. The van der Waals surface area contributed by atoms with E-state index in [1.165, 1.54) is 28.6 Å². The molecular formula is C22H25FN6O2S. The van der Waals surface area contributed by atoms with Crippen molar-refractivity contribution in [3.8, 4) is 17.1 Å². The number of aromatic nitrogens is 3. The summed E-state index contributed by atoms with van der Waals surface area (Å²) in [6.45, 7) is 4.44. The van der Waals surface area contributed by atoms with Crippen LogP contribution in [0.2, 0.25) is 0 Å². The summed E-state index contributed by atoms with van der Waals surface area (Å²) >= 11 is 1.25. The Kier molecular flexibility index (Phi) is 7.23. The fourth-order valence-electron chi connectivity index (χ4n) is 3.42. The Balaban J connectivity index is 1.20. The minimum Gasteiger partial charge on any atom is -0.492 e. The van der Waals surface area contributed by atoms with Gasteiger partial charge in [-0.25, -0.2) is 9.07 Å². The first kappa shape index (κ1) is 22.1. The van der Waals surface area contributed by atoms with Crippen LogP contribution in [0.25, 0.3) is 11.4 Å². The van der Waals surface area contributed by atoms with Crippen molar-refractivity contribution in [2.45, 2.75) is 5.16 Å². The Morgan fingerprint density at radius 3 is 2.47 bits per heavy atom. The summed E-state index contributed by atoms with van der Waals surface area (Å²) in [6, 6.07) is 15.6.